The Kier molecular flexibility index (Phi) is 24.5. The van der Waals surface area contributed by atoms with Gasteiger partial charge in [0, 0.05) is 111 Å². The lowest BCUT2D eigenvalue weighted by Crippen LogP contribution is -2.59. The first kappa shape index (κ1) is 78.0. The Balaban J connectivity index is 0.765. The molecule has 0 bridgehead atoms. The van der Waals surface area contributed by atoms with Crippen molar-refractivity contribution in [1.29, 1.82) is 0 Å². The molecule has 2 aliphatic carbocycles. The third kappa shape index (κ3) is 19.7. The molecule has 3 heterocycles. The maximum absolute atomic E-state index is 14.8. The summed E-state index contributed by atoms with van der Waals surface area (Å²) < 4.78 is 122. The van der Waals surface area contributed by atoms with Crippen LogP contribution in [-0.4, -0.2) is 172 Å². The van der Waals surface area contributed by atoms with Crippen molar-refractivity contribution in [2.75, 3.05) is 75.4 Å². The second kappa shape index (κ2) is 32.4. The fraction of sp³-hybridized carbons (Fsp3) is 0.459. The highest BCUT2D eigenvalue weighted by atomic mass is 35.5. The Morgan fingerprint density at radius 3 is 2.22 bits per heavy atom. The van der Waals surface area contributed by atoms with Gasteiger partial charge in [0.1, 0.15) is 22.7 Å². The molecular formula is C74H88ClF4N9O11S4. The number of hydrogen-bond acceptors (Lipinski definition) is 17. The standard InChI is InChI=1S/C74H88ClF4N9O11S4/c1-47-65(101-46-81-47)50-15-16-51(42-80-68(92)61-39-56(89)44-88(61)69(93)66(71(2,3)4)83-70(94)73(76)30-31-73)62(38-50)99-37-11-14-64(90)85(7)32-28-54(45-100-57-12-9-8-10-13-57)82-60-26-25-58(40-63(60)102(95,96)74(77,78)79)103(97,98)84-67(91)49-19-23-55(24-20-49)87-35-33-86(34-36-87)43-52-41-72(5,6)29-27-59(52)48-17-21-53(75)22-18-48/h8-10,12-13,15-26,38,40,46,54,56,61,66,82,89H,11,14,27-37,39,41-45H2,1-7H3,(H,80,92)(H,83,94)(H,84,91)/t54-,56-,61+,66-/m1/s1. The minimum atomic E-state index is -6.25. The highest BCUT2D eigenvalue weighted by molar-refractivity contribution is 7.99. The van der Waals surface area contributed by atoms with Gasteiger partial charge >= 0.3 is 5.51 Å². The number of nitrogens with zero attached hydrogens (tertiary/aromatic N) is 5. The Bertz CT molecular complexity index is 4340. The number of aryl methyl sites for hydroxylation is 1. The van der Waals surface area contributed by atoms with Crippen LogP contribution in [0.15, 0.2) is 141 Å². The molecule has 0 radical (unpaired) electrons. The Morgan fingerprint density at radius 1 is 0.883 bits per heavy atom. The lowest BCUT2D eigenvalue weighted by atomic mass is 9.73. The first-order valence-corrected chi connectivity index (χ1v) is 39.5. The van der Waals surface area contributed by atoms with Crippen molar-refractivity contribution in [3.05, 3.63) is 154 Å². The normalized spacial score (nSPS) is 18.4. The van der Waals surface area contributed by atoms with E-state index in [0.717, 1.165) is 77.7 Å². The molecule has 103 heavy (non-hydrogen) atoms. The number of ether oxygens (including phenoxy) is 1. The van der Waals surface area contributed by atoms with E-state index in [2.05, 4.69) is 56.7 Å². The number of amides is 5. The number of anilines is 2. The topological polar surface area (TPSA) is 257 Å². The number of aromatic nitrogens is 1. The van der Waals surface area contributed by atoms with E-state index in [9.17, 15) is 63.5 Å². The van der Waals surface area contributed by atoms with Gasteiger partial charge in [-0.1, -0.05) is 94.3 Å². The molecule has 10 rings (SSSR count). The zero-order valence-corrected chi connectivity index (χ0v) is 62.6. The summed E-state index contributed by atoms with van der Waals surface area (Å²) in [5.41, 5.74) is -0.738. The largest absolute Gasteiger partial charge is 0.501 e. The van der Waals surface area contributed by atoms with Crippen LogP contribution in [0.1, 0.15) is 120 Å². The Morgan fingerprint density at radius 2 is 1.57 bits per heavy atom. The van der Waals surface area contributed by atoms with Gasteiger partial charge in [0.2, 0.25) is 17.7 Å². The lowest BCUT2D eigenvalue weighted by Gasteiger charge is -2.39. The van der Waals surface area contributed by atoms with Gasteiger partial charge in [0.05, 0.1) is 39.4 Å². The summed E-state index contributed by atoms with van der Waals surface area (Å²) in [6.45, 7) is 15.1. The summed E-state index contributed by atoms with van der Waals surface area (Å²) in [5.74, 6) is -3.03. The smallest absolute Gasteiger partial charge is 0.493 e. The van der Waals surface area contributed by atoms with Gasteiger partial charge in [-0.15, -0.1) is 23.1 Å². The highest BCUT2D eigenvalue weighted by Crippen LogP contribution is 2.44. The second-order valence-corrected chi connectivity index (χ2v) is 34.7. The molecule has 0 unspecified atom stereocenters. The van der Waals surface area contributed by atoms with E-state index in [-0.39, 0.29) is 87.4 Å². The van der Waals surface area contributed by atoms with E-state index in [1.807, 2.05) is 42.0 Å². The maximum atomic E-state index is 14.8. The molecular weight excluding hydrogens is 1430 g/mol. The van der Waals surface area contributed by atoms with Gasteiger partial charge in [-0.3, -0.25) is 28.9 Å². The number of sulfone groups is 1. The first-order valence-electron chi connectivity index (χ1n) is 34.3. The van der Waals surface area contributed by atoms with Crippen LogP contribution in [0.3, 0.4) is 0 Å². The van der Waals surface area contributed by atoms with E-state index in [4.69, 9.17) is 16.3 Å². The molecule has 5 N–H and O–H groups in total. The van der Waals surface area contributed by atoms with Crippen LogP contribution in [0.25, 0.3) is 16.0 Å². The average molecular weight is 1520 g/mol. The number of piperazine rings is 1. The van der Waals surface area contributed by atoms with Gasteiger partial charge in [-0.25, -0.2) is 30.9 Å². The molecule has 2 aliphatic heterocycles. The van der Waals surface area contributed by atoms with Gasteiger partial charge in [0.25, 0.3) is 31.7 Å². The van der Waals surface area contributed by atoms with E-state index < -0.39 is 99.8 Å². The van der Waals surface area contributed by atoms with Gasteiger partial charge in [-0.2, -0.15) is 13.2 Å². The number of sulfonamides is 1. The van der Waals surface area contributed by atoms with Gasteiger partial charge < -0.3 is 40.5 Å². The molecule has 5 aromatic carbocycles. The van der Waals surface area contributed by atoms with Crippen LogP contribution < -0.4 is 30.3 Å². The predicted octanol–water partition coefficient (Wildman–Crippen LogP) is 11.9. The summed E-state index contributed by atoms with van der Waals surface area (Å²) >= 11 is 8.94. The number of alkyl halides is 4. The number of allylic oxidation sites excluding steroid dienone is 1. The van der Waals surface area contributed by atoms with Crippen molar-refractivity contribution in [3.8, 4) is 16.2 Å². The number of thioether (sulfide) groups is 1. The molecule has 1 aromatic heterocycles. The van der Waals surface area contributed by atoms with Crippen LogP contribution in [0.5, 0.6) is 5.75 Å². The molecule has 6 aromatic rings. The third-order valence-corrected chi connectivity index (χ3v) is 24.5. The summed E-state index contributed by atoms with van der Waals surface area (Å²) in [6.07, 6.45) is 2.23. The van der Waals surface area contributed by atoms with Gasteiger partial charge in [0.15, 0.2) is 5.67 Å². The van der Waals surface area contributed by atoms with Crippen molar-refractivity contribution in [3.63, 3.8) is 0 Å². The molecule has 0 spiro atoms. The van der Waals surface area contributed by atoms with Crippen LogP contribution in [0, 0.1) is 17.8 Å². The number of carbonyl (C=O) groups is 5. The number of aliphatic hydroxyl groups excluding tert-OH is 1. The van der Waals surface area contributed by atoms with Crippen molar-refractivity contribution >= 4 is 101 Å². The number of likely N-dealkylation sites (tertiary alicyclic amines) is 1. The summed E-state index contributed by atoms with van der Waals surface area (Å²) in [4.78, 5) is 79.3. The van der Waals surface area contributed by atoms with E-state index in [1.165, 1.54) is 68.8 Å². The van der Waals surface area contributed by atoms with Crippen LogP contribution in [-0.2, 0) is 45.6 Å². The molecule has 20 nitrogen and oxygen atoms in total. The highest BCUT2D eigenvalue weighted by Gasteiger charge is 2.54. The maximum Gasteiger partial charge on any atom is 0.501 e. The fourth-order valence-corrected chi connectivity index (χ4v) is 16.9. The van der Waals surface area contributed by atoms with Crippen molar-refractivity contribution in [2.45, 2.75) is 156 Å². The molecule has 5 amide bonds. The summed E-state index contributed by atoms with van der Waals surface area (Å²) in [7, 11) is -9.71. The van der Waals surface area contributed by atoms with Crippen LogP contribution in [0.4, 0.5) is 28.9 Å². The second-order valence-electron chi connectivity index (χ2n) is 28.7. The minimum Gasteiger partial charge on any atom is -0.493 e. The molecule has 4 aliphatic rings. The number of hydrogen-bond donors (Lipinski definition) is 5. The number of rotatable bonds is 28. The molecule has 1 saturated carbocycles. The number of carbonyl (C=O) groups excluding carboxylic acids is 5. The molecule has 2 saturated heterocycles. The number of nitrogens with one attached hydrogen (secondary N) is 4. The third-order valence-electron chi connectivity index (χ3n) is 19.2. The van der Waals surface area contributed by atoms with E-state index in [0.29, 0.717) is 35.5 Å². The number of aliphatic hydroxyl groups is 1. The number of benzene rings is 5. The van der Waals surface area contributed by atoms with E-state index in [1.54, 1.807) is 68.7 Å². The summed E-state index contributed by atoms with van der Waals surface area (Å²) in [5, 5.41) is 19.8. The Labute approximate surface area is 612 Å². The minimum absolute atomic E-state index is 0.0189. The van der Waals surface area contributed by atoms with Crippen LogP contribution >= 0.6 is 34.7 Å². The SMILES string of the molecule is Cc1ncsc1-c1ccc(CNC(=O)[C@@H]2C[C@@H](O)CN2C(=O)[C@@H](NC(=O)C2(F)CC2)C(C)(C)C)c(OCCCC(=O)N(C)CC[C@H](CSc2ccccc2)Nc2ccc(S(=O)(=O)NC(=O)c3ccc(N4CCN(CC5=C(c6ccc(Cl)cc6)CCC(C)(C)C5)CC4)cc3)cc2S(=O)(=O)C(F)(F)F)c1. The van der Waals surface area contributed by atoms with Crippen molar-refractivity contribution in [2.24, 2.45) is 10.8 Å². The molecule has 3 fully saturated rings. The summed E-state index contributed by atoms with van der Waals surface area (Å²) in [6, 6.07) is 27.7. The molecule has 29 heteroatoms. The number of halogens is 5. The first-order chi connectivity index (χ1) is 48.6. The average Bonchev–Trinajstić information content (AvgIpc) is 1.15. The molecule has 4 atom stereocenters. The monoisotopic (exact) mass is 1520 g/mol. The quantitative estimate of drug-likeness (QED) is 0.0174. The molecule has 554 valence electrons. The Hall–Kier alpha value is -7.60. The predicted molar refractivity (Wildman–Crippen MR) is 392 cm³/mol. The van der Waals surface area contributed by atoms with E-state index >= 15 is 0 Å². The van der Waals surface area contributed by atoms with Crippen molar-refractivity contribution in [1.82, 2.24) is 35.0 Å². The fourth-order valence-electron chi connectivity index (χ4n) is 13.0. The zero-order chi connectivity index (χ0) is 74.4. The number of β-amino-alcohol motifs (C(OH)–C–C–N with tert-alkyl or cyclic N) is 1. The number of thiazole rings is 1. The van der Waals surface area contributed by atoms with Crippen LogP contribution in [0.2, 0.25) is 5.02 Å². The lowest BCUT2D eigenvalue weighted by molar-refractivity contribution is -0.145. The zero-order valence-electron chi connectivity index (χ0n) is 58.6. The van der Waals surface area contributed by atoms with Gasteiger partial charge in [-0.05, 0) is 152 Å². The van der Waals surface area contributed by atoms with Crippen molar-refractivity contribution < 1.29 is 68.2 Å².